The van der Waals surface area contributed by atoms with E-state index >= 15 is 0 Å². The molecule has 3 aromatic rings. The smallest absolute Gasteiger partial charge is 0.250 e. The molecule has 0 fully saturated rings. The van der Waals surface area contributed by atoms with E-state index in [0.717, 1.165) is 11.0 Å². The maximum Gasteiger partial charge on any atom is 0.250 e. The number of nitrogens with one attached hydrogen (secondary N) is 2. The minimum absolute atomic E-state index is 0.0493. The molecule has 7 nitrogen and oxygen atoms in total. The first kappa shape index (κ1) is 16.3. The molecule has 0 aliphatic heterocycles. The third-order valence-electron chi connectivity index (χ3n) is 3.68. The van der Waals surface area contributed by atoms with Crippen molar-refractivity contribution in [1.82, 2.24) is 15.0 Å². The van der Waals surface area contributed by atoms with E-state index in [1.165, 1.54) is 6.20 Å². The Bertz CT molecular complexity index is 910. The molecule has 2 N–H and O–H groups in total. The fourth-order valence-electron chi connectivity index (χ4n) is 2.42. The van der Waals surface area contributed by atoms with Crippen LogP contribution < -0.4 is 5.32 Å². The van der Waals surface area contributed by atoms with E-state index in [9.17, 15) is 14.9 Å². The van der Waals surface area contributed by atoms with Gasteiger partial charge in [0, 0.05) is 19.0 Å². The second-order valence-corrected chi connectivity index (χ2v) is 5.43. The van der Waals surface area contributed by atoms with Gasteiger partial charge in [-0.3, -0.25) is 9.59 Å². The van der Waals surface area contributed by atoms with E-state index in [0.29, 0.717) is 18.1 Å². The largest absolute Gasteiger partial charge is 0.342 e. The molecule has 2 aromatic heterocycles. The average Bonchev–Trinajstić information content (AvgIpc) is 3.04. The molecule has 1 unspecified atom stereocenters. The minimum atomic E-state index is -1.37. The third kappa shape index (κ3) is 3.87. The fraction of sp³-hybridized carbons (Fsp3) is 0.167. The first-order chi connectivity index (χ1) is 12.2. The monoisotopic (exact) mass is 333 g/mol. The number of benzene rings is 1. The quantitative estimate of drug-likeness (QED) is 0.672. The van der Waals surface area contributed by atoms with Crippen molar-refractivity contribution in [2.45, 2.75) is 12.8 Å². The number of carbonyl (C=O) groups excluding carboxylic acids is 2. The number of para-hydroxylation sites is 2. The SMILES string of the molecule is N#CC(C(=O)CCc1nc2ccccc2[nH]1)C(=O)Nc1ccccn1. The summed E-state index contributed by atoms with van der Waals surface area (Å²) in [6.45, 7) is 0. The van der Waals surface area contributed by atoms with Crippen LogP contribution in [0.15, 0.2) is 48.7 Å². The van der Waals surface area contributed by atoms with Crippen LogP contribution in [0.5, 0.6) is 0 Å². The lowest BCUT2D eigenvalue weighted by Gasteiger charge is -2.08. The van der Waals surface area contributed by atoms with Crippen molar-refractivity contribution in [3.8, 4) is 6.07 Å². The molecular weight excluding hydrogens is 318 g/mol. The van der Waals surface area contributed by atoms with Gasteiger partial charge in [-0.2, -0.15) is 5.26 Å². The van der Waals surface area contributed by atoms with Crippen LogP contribution in [0.4, 0.5) is 5.82 Å². The van der Waals surface area contributed by atoms with Gasteiger partial charge in [-0.05, 0) is 24.3 Å². The van der Waals surface area contributed by atoms with Crippen LogP contribution in [0.25, 0.3) is 11.0 Å². The highest BCUT2D eigenvalue weighted by atomic mass is 16.2. The second kappa shape index (κ2) is 7.36. The Morgan fingerprint density at radius 2 is 2.00 bits per heavy atom. The predicted octanol–water partition coefficient (Wildman–Crippen LogP) is 2.24. The average molecular weight is 333 g/mol. The van der Waals surface area contributed by atoms with Gasteiger partial charge in [0.25, 0.3) is 5.91 Å². The van der Waals surface area contributed by atoms with Crippen molar-refractivity contribution in [2.75, 3.05) is 5.32 Å². The van der Waals surface area contributed by atoms with E-state index in [4.69, 9.17) is 0 Å². The highest BCUT2D eigenvalue weighted by Crippen LogP contribution is 2.13. The van der Waals surface area contributed by atoms with Crippen LogP contribution in [-0.2, 0) is 16.0 Å². The Labute approximate surface area is 143 Å². The molecule has 0 saturated carbocycles. The maximum atomic E-state index is 12.2. The normalized spacial score (nSPS) is 11.6. The summed E-state index contributed by atoms with van der Waals surface area (Å²) in [5.74, 6) is -1.53. The van der Waals surface area contributed by atoms with Gasteiger partial charge in [-0.15, -0.1) is 0 Å². The second-order valence-electron chi connectivity index (χ2n) is 5.43. The van der Waals surface area contributed by atoms with Crippen LogP contribution in [-0.4, -0.2) is 26.6 Å². The molecule has 1 atom stereocenters. The molecule has 0 radical (unpaired) electrons. The summed E-state index contributed by atoms with van der Waals surface area (Å²) < 4.78 is 0. The number of aryl methyl sites for hydroxylation is 1. The number of hydrogen-bond acceptors (Lipinski definition) is 5. The van der Waals surface area contributed by atoms with Gasteiger partial charge in [0.15, 0.2) is 11.7 Å². The van der Waals surface area contributed by atoms with Crippen molar-refractivity contribution in [2.24, 2.45) is 5.92 Å². The van der Waals surface area contributed by atoms with Crippen molar-refractivity contribution >= 4 is 28.5 Å². The van der Waals surface area contributed by atoms with E-state index in [1.54, 1.807) is 24.3 Å². The summed E-state index contributed by atoms with van der Waals surface area (Å²) in [5, 5.41) is 11.7. The number of imidazole rings is 1. The molecule has 124 valence electrons. The number of hydrogen-bond donors (Lipinski definition) is 2. The molecule has 0 spiro atoms. The highest BCUT2D eigenvalue weighted by molar-refractivity contribution is 6.09. The Morgan fingerprint density at radius 3 is 2.72 bits per heavy atom. The number of aromatic nitrogens is 3. The minimum Gasteiger partial charge on any atom is -0.342 e. The molecule has 0 aliphatic rings. The summed E-state index contributed by atoms with van der Waals surface area (Å²) in [6, 6.07) is 14.3. The number of rotatable bonds is 6. The summed E-state index contributed by atoms with van der Waals surface area (Å²) in [6.07, 6.45) is 1.90. The van der Waals surface area contributed by atoms with Gasteiger partial charge >= 0.3 is 0 Å². The predicted molar refractivity (Wildman–Crippen MR) is 91.4 cm³/mol. The van der Waals surface area contributed by atoms with E-state index in [-0.39, 0.29) is 6.42 Å². The van der Waals surface area contributed by atoms with Crippen LogP contribution in [0, 0.1) is 17.2 Å². The van der Waals surface area contributed by atoms with Crippen LogP contribution in [0.3, 0.4) is 0 Å². The summed E-state index contributed by atoms with van der Waals surface area (Å²) >= 11 is 0. The van der Waals surface area contributed by atoms with Gasteiger partial charge in [0.05, 0.1) is 17.1 Å². The maximum absolute atomic E-state index is 12.2. The molecule has 2 heterocycles. The van der Waals surface area contributed by atoms with E-state index < -0.39 is 17.6 Å². The molecule has 0 saturated heterocycles. The summed E-state index contributed by atoms with van der Waals surface area (Å²) in [4.78, 5) is 35.8. The summed E-state index contributed by atoms with van der Waals surface area (Å²) in [7, 11) is 0. The van der Waals surface area contributed by atoms with Crippen LogP contribution >= 0.6 is 0 Å². The number of ketones is 1. The zero-order valence-electron chi connectivity index (χ0n) is 13.3. The standard InChI is InChI=1S/C18H15N5O2/c19-11-12(18(25)23-16-7-3-4-10-20-16)15(24)8-9-17-21-13-5-1-2-6-14(13)22-17/h1-7,10,12H,8-9H2,(H,21,22)(H,20,23,25). The van der Waals surface area contributed by atoms with Crippen LogP contribution in [0.1, 0.15) is 12.2 Å². The number of H-pyrrole nitrogens is 1. The summed E-state index contributed by atoms with van der Waals surface area (Å²) in [5.41, 5.74) is 1.70. The number of amides is 1. The lowest BCUT2D eigenvalue weighted by molar-refractivity contribution is -0.128. The molecule has 0 aliphatic carbocycles. The Balaban J connectivity index is 1.62. The number of anilines is 1. The van der Waals surface area contributed by atoms with Gasteiger partial charge in [-0.1, -0.05) is 18.2 Å². The van der Waals surface area contributed by atoms with Crippen molar-refractivity contribution < 1.29 is 9.59 Å². The van der Waals surface area contributed by atoms with Crippen molar-refractivity contribution in [3.05, 3.63) is 54.5 Å². The number of aromatic amines is 1. The molecule has 1 aromatic carbocycles. The number of fused-ring (bicyclic) bond motifs is 1. The Hall–Kier alpha value is -3.53. The number of nitriles is 1. The number of nitrogens with zero attached hydrogens (tertiary/aromatic N) is 3. The molecule has 25 heavy (non-hydrogen) atoms. The number of carbonyl (C=O) groups is 2. The first-order valence-electron chi connectivity index (χ1n) is 7.75. The molecule has 7 heteroatoms. The lowest BCUT2D eigenvalue weighted by Crippen LogP contribution is -2.29. The van der Waals surface area contributed by atoms with Gasteiger partial charge in [0.1, 0.15) is 11.6 Å². The van der Waals surface area contributed by atoms with E-state index in [2.05, 4.69) is 20.3 Å². The van der Waals surface area contributed by atoms with Gasteiger partial charge in [0.2, 0.25) is 0 Å². The third-order valence-corrected chi connectivity index (χ3v) is 3.68. The first-order valence-corrected chi connectivity index (χ1v) is 7.75. The van der Waals surface area contributed by atoms with Gasteiger partial charge < -0.3 is 10.3 Å². The lowest BCUT2D eigenvalue weighted by atomic mass is 10.0. The van der Waals surface area contributed by atoms with Crippen LogP contribution in [0.2, 0.25) is 0 Å². The molecule has 0 bridgehead atoms. The van der Waals surface area contributed by atoms with E-state index in [1.807, 2.05) is 24.3 Å². The van der Waals surface area contributed by atoms with Crippen molar-refractivity contribution in [3.63, 3.8) is 0 Å². The fourth-order valence-corrected chi connectivity index (χ4v) is 2.42. The zero-order chi connectivity index (χ0) is 17.6. The van der Waals surface area contributed by atoms with Gasteiger partial charge in [-0.25, -0.2) is 9.97 Å². The topological polar surface area (TPSA) is 112 Å². The van der Waals surface area contributed by atoms with Crippen molar-refractivity contribution in [1.29, 1.82) is 5.26 Å². The number of pyridine rings is 1. The zero-order valence-corrected chi connectivity index (χ0v) is 13.3. The Morgan fingerprint density at radius 1 is 1.20 bits per heavy atom. The molecular formula is C18H15N5O2. The molecule has 1 amide bonds. The highest BCUT2D eigenvalue weighted by Gasteiger charge is 2.26. The number of Topliss-reactive ketones (excluding diaryl/α,β-unsaturated/α-hetero) is 1. The Kier molecular flexibility index (Phi) is 4.81. The molecule has 3 rings (SSSR count).